The second-order valence-electron chi connectivity index (χ2n) is 5.22. The van der Waals surface area contributed by atoms with Gasteiger partial charge in [0.05, 0.1) is 14.2 Å². The molecule has 0 aliphatic heterocycles. The molecule has 1 unspecified atom stereocenters. The molecule has 0 heterocycles. The summed E-state index contributed by atoms with van der Waals surface area (Å²) in [5, 5.41) is 0. The summed E-state index contributed by atoms with van der Waals surface area (Å²) < 4.78 is 10.4. The third-order valence-corrected chi connectivity index (χ3v) is 3.75. The van der Waals surface area contributed by atoms with Crippen molar-refractivity contribution in [3.05, 3.63) is 59.2 Å². The predicted molar refractivity (Wildman–Crippen MR) is 86.0 cm³/mol. The van der Waals surface area contributed by atoms with Crippen molar-refractivity contribution in [2.75, 3.05) is 14.2 Å². The quantitative estimate of drug-likeness (QED) is 0.881. The van der Waals surface area contributed by atoms with Crippen LogP contribution in [0.4, 0.5) is 0 Å². The van der Waals surface area contributed by atoms with Crippen LogP contribution in [0.1, 0.15) is 29.2 Å². The number of hydrogen-bond donors (Lipinski definition) is 1. The molecule has 3 nitrogen and oxygen atoms in total. The van der Waals surface area contributed by atoms with E-state index >= 15 is 0 Å². The number of methoxy groups -OCH3 is 2. The lowest BCUT2D eigenvalue weighted by Crippen LogP contribution is -2.11. The normalized spacial score (nSPS) is 12.0. The molecular weight excluding hydrogens is 262 g/mol. The van der Waals surface area contributed by atoms with Crippen molar-refractivity contribution in [2.45, 2.75) is 25.8 Å². The molecule has 0 amide bonds. The van der Waals surface area contributed by atoms with E-state index in [1.165, 1.54) is 5.56 Å². The molecule has 0 saturated heterocycles. The van der Waals surface area contributed by atoms with Crippen LogP contribution in [0.15, 0.2) is 42.5 Å². The van der Waals surface area contributed by atoms with Gasteiger partial charge in [-0.1, -0.05) is 24.3 Å². The Hall–Kier alpha value is -2.00. The van der Waals surface area contributed by atoms with E-state index in [4.69, 9.17) is 15.2 Å². The van der Waals surface area contributed by atoms with Gasteiger partial charge in [0.25, 0.3) is 0 Å². The summed E-state index contributed by atoms with van der Waals surface area (Å²) in [6.45, 7) is 2.04. The molecule has 0 bridgehead atoms. The van der Waals surface area contributed by atoms with Crippen molar-refractivity contribution < 1.29 is 9.47 Å². The molecule has 21 heavy (non-hydrogen) atoms. The number of aryl methyl sites for hydroxylation is 2. The summed E-state index contributed by atoms with van der Waals surface area (Å²) in [7, 11) is 3.36. The first kappa shape index (κ1) is 15.4. The van der Waals surface area contributed by atoms with Crippen LogP contribution in [-0.4, -0.2) is 14.2 Å². The number of ether oxygens (including phenoxy) is 2. The average Bonchev–Trinajstić information content (AvgIpc) is 2.53. The van der Waals surface area contributed by atoms with Gasteiger partial charge in [0.1, 0.15) is 11.5 Å². The molecule has 2 N–H and O–H groups in total. The molecule has 2 rings (SSSR count). The average molecular weight is 285 g/mol. The van der Waals surface area contributed by atoms with Crippen molar-refractivity contribution in [1.82, 2.24) is 0 Å². The lowest BCUT2D eigenvalue weighted by Gasteiger charge is -2.14. The van der Waals surface area contributed by atoms with Crippen LogP contribution in [0.5, 0.6) is 11.5 Å². The molecule has 2 aromatic carbocycles. The van der Waals surface area contributed by atoms with E-state index in [9.17, 15) is 0 Å². The van der Waals surface area contributed by atoms with Crippen LogP contribution < -0.4 is 15.2 Å². The monoisotopic (exact) mass is 285 g/mol. The largest absolute Gasteiger partial charge is 0.497 e. The molecule has 2 aromatic rings. The number of hydrogen-bond acceptors (Lipinski definition) is 3. The maximum absolute atomic E-state index is 6.29. The SMILES string of the molecule is COc1ccc(CCC(N)c2ccc(OC)c(C)c2)cc1. The van der Waals surface area contributed by atoms with Crippen LogP contribution in [0.2, 0.25) is 0 Å². The Morgan fingerprint density at radius 2 is 1.71 bits per heavy atom. The zero-order chi connectivity index (χ0) is 15.2. The van der Waals surface area contributed by atoms with Crippen LogP contribution in [0.3, 0.4) is 0 Å². The highest BCUT2D eigenvalue weighted by Crippen LogP contribution is 2.24. The molecule has 3 heteroatoms. The standard InChI is InChI=1S/C18H23NO2/c1-13-12-15(7-11-18(13)21-3)17(19)10-6-14-4-8-16(20-2)9-5-14/h4-5,7-9,11-12,17H,6,10,19H2,1-3H3. The Labute approximate surface area is 126 Å². The lowest BCUT2D eigenvalue weighted by molar-refractivity contribution is 0.411. The van der Waals surface area contributed by atoms with Gasteiger partial charge in [-0.15, -0.1) is 0 Å². The lowest BCUT2D eigenvalue weighted by atomic mass is 9.98. The Morgan fingerprint density at radius 1 is 1.00 bits per heavy atom. The van der Waals surface area contributed by atoms with Crippen molar-refractivity contribution in [3.63, 3.8) is 0 Å². The molecule has 0 radical (unpaired) electrons. The van der Waals surface area contributed by atoms with E-state index in [1.54, 1.807) is 14.2 Å². The fourth-order valence-corrected chi connectivity index (χ4v) is 2.41. The highest BCUT2D eigenvalue weighted by Gasteiger charge is 2.08. The van der Waals surface area contributed by atoms with E-state index in [1.807, 2.05) is 31.2 Å². The van der Waals surface area contributed by atoms with Crippen LogP contribution in [0.25, 0.3) is 0 Å². The fourth-order valence-electron chi connectivity index (χ4n) is 2.41. The zero-order valence-corrected chi connectivity index (χ0v) is 12.9. The molecule has 112 valence electrons. The minimum absolute atomic E-state index is 0.0386. The van der Waals surface area contributed by atoms with Gasteiger partial charge in [0.2, 0.25) is 0 Å². The molecule has 0 fully saturated rings. The molecule has 0 saturated carbocycles. The van der Waals surface area contributed by atoms with Gasteiger partial charge in [-0.2, -0.15) is 0 Å². The predicted octanol–water partition coefficient (Wildman–Crippen LogP) is 3.64. The summed E-state index contributed by atoms with van der Waals surface area (Å²) in [6.07, 6.45) is 1.87. The van der Waals surface area contributed by atoms with Crippen LogP contribution in [-0.2, 0) is 6.42 Å². The number of rotatable bonds is 6. The van der Waals surface area contributed by atoms with Crippen molar-refractivity contribution in [2.24, 2.45) is 5.73 Å². The van der Waals surface area contributed by atoms with E-state index in [0.29, 0.717) is 0 Å². The van der Waals surface area contributed by atoms with Crippen molar-refractivity contribution in [3.8, 4) is 11.5 Å². The van der Waals surface area contributed by atoms with Gasteiger partial charge in [0.15, 0.2) is 0 Å². The Balaban J connectivity index is 1.97. The maximum atomic E-state index is 6.29. The van der Waals surface area contributed by atoms with Gasteiger partial charge in [-0.05, 0) is 54.7 Å². The Bertz CT molecular complexity index is 578. The van der Waals surface area contributed by atoms with Gasteiger partial charge >= 0.3 is 0 Å². The topological polar surface area (TPSA) is 44.5 Å². The smallest absolute Gasteiger partial charge is 0.121 e. The second kappa shape index (κ2) is 7.14. The van der Waals surface area contributed by atoms with E-state index in [-0.39, 0.29) is 6.04 Å². The minimum Gasteiger partial charge on any atom is -0.497 e. The Kier molecular flexibility index (Phi) is 5.23. The molecular formula is C18H23NO2. The number of benzene rings is 2. The second-order valence-corrected chi connectivity index (χ2v) is 5.22. The van der Waals surface area contributed by atoms with Gasteiger partial charge < -0.3 is 15.2 Å². The molecule has 0 aromatic heterocycles. The third-order valence-electron chi connectivity index (χ3n) is 3.75. The van der Waals surface area contributed by atoms with E-state index < -0.39 is 0 Å². The summed E-state index contributed by atoms with van der Waals surface area (Å²) in [6, 6.07) is 14.3. The highest BCUT2D eigenvalue weighted by atomic mass is 16.5. The summed E-state index contributed by atoms with van der Waals surface area (Å²) in [4.78, 5) is 0. The van der Waals surface area contributed by atoms with E-state index in [2.05, 4.69) is 18.2 Å². The van der Waals surface area contributed by atoms with Crippen molar-refractivity contribution in [1.29, 1.82) is 0 Å². The highest BCUT2D eigenvalue weighted by molar-refractivity contribution is 5.37. The molecule has 1 atom stereocenters. The molecule has 0 spiro atoms. The third kappa shape index (κ3) is 3.99. The van der Waals surface area contributed by atoms with Crippen LogP contribution in [0, 0.1) is 6.92 Å². The number of nitrogens with two attached hydrogens (primary N) is 1. The summed E-state index contributed by atoms with van der Waals surface area (Å²) in [5.41, 5.74) is 9.84. The van der Waals surface area contributed by atoms with Crippen molar-refractivity contribution >= 4 is 0 Å². The van der Waals surface area contributed by atoms with Crippen LogP contribution >= 0.6 is 0 Å². The molecule has 0 aliphatic rings. The first-order valence-corrected chi connectivity index (χ1v) is 7.17. The van der Waals surface area contributed by atoms with E-state index in [0.717, 1.165) is 35.5 Å². The fraction of sp³-hybridized carbons (Fsp3) is 0.333. The minimum atomic E-state index is 0.0386. The zero-order valence-electron chi connectivity index (χ0n) is 12.9. The maximum Gasteiger partial charge on any atom is 0.121 e. The Morgan fingerprint density at radius 3 is 2.29 bits per heavy atom. The first-order chi connectivity index (χ1) is 10.1. The molecule has 0 aliphatic carbocycles. The summed E-state index contributed by atoms with van der Waals surface area (Å²) >= 11 is 0. The van der Waals surface area contributed by atoms with Gasteiger partial charge in [0, 0.05) is 6.04 Å². The first-order valence-electron chi connectivity index (χ1n) is 7.17. The van der Waals surface area contributed by atoms with Gasteiger partial charge in [-0.25, -0.2) is 0 Å². The van der Waals surface area contributed by atoms with Gasteiger partial charge in [-0.3, -0.25) is 0 Å². The summed E-state index contributed by atoms with van der Waals surface area (Å²) in [5.74, 6) is 1.79.